The number of rotatable bonds is 3. The third-order valence-corrected chi connectivity index (χ3v) is 4.79. The lowest BCUT2D eigenvalue weighted by molar-refractivity contribution is -0.124. The summed E-state index contributed by atoms with van der Waals surface area (Å²) < 4.78 is 5.60. The second-order valence-electron chi connectivity index (χ2n) is 6.48. The molecule has 0 bridgehead atoms. The lowest BCUT2D eigenvalue weighted by Crippen LogP contribution is -2.47. The Morgan fingerprint density at radius 3 is 2.91 bits per heavy atom. The second-order valence-corrected chi connectivity index (χ2v) is 6.48. The molecule has 2 aliphatic rings. The highest BCUT2D eigenvalue weighted by Gasteiger charge is 2.27. The Morgan fingerprint density at radius 1 is 1.30 bits per heavy atom. The zero-order chi connectivity index (χ0) is 16.2. The van der Waals surface area contributed by atoms with Gasteiger partial charge in [-0.05, 0) is 30.9 Å². The van der Waals surface area contributed by atoms with E-state index in [-0.39, 0.29) is 24.4 Å². The van der Waals surface area contributed by atoms with Gasteiger partial charge in [-0.3, -0.25) is 14.5 Å². The highest BCUT2D eigenvalue weighted by molar-refractivity contribution is 6.00. The molecule has 5 nitrogen and oxygen atoms in total. The summed E-state index contributed by atoms with van der Waals surface area (Å²) in [5, 5.41) is 3.11. The number of para-hydroxylation sites is 2. The van der Waals surface area contributed by atoms with Crippen LogP contribution >= 0.6 is 0 Å². The van der Waals surface area contributed by atoms with Crippen molar-refractivity contribution in [3.8, 4) is 5.75 Å². The Bertz CT molecular complexity index is 587. The molecule has 1 N–H and O–H groups in total. The maximum absolute atomic E-state index is 12.4. The van der Waals surface area contributed by atoms with Crippen molar-refractivity contribution in [1.29, 1.82) is 0 Å². The molecule has 1 aromatic rings. The van der Waals surface area contributed by atoms with Gasteiger partial charge in [0.1, 0.15) is 12.3 Å². The van der Waals surface area contributed by atoms with Crippen LogP contribution in [-0.4, -0.2) is 31.0 Å². The summed E-state index contributed by atoms with van der Waals surface area (Å²) in [6, 6.07) is 7.62. The van der Waals surface area contributed by atoms with E-state index in [1.54, 1.807) is 4.90 Å². The molecule has 1 fully saturated rings. The number of carbonyl (C=O) groups excluding carboxylic acids is 2. The van der Waals surface area contributed by atoms with E-state index in [0.29, 0.717) is 30.4 Å². The van der Waals surface area contributed by atoms with Crippen LogP contribution in [0, 0.1) is 5.92 Å². The first-order valence-electron chi connectivity index (χ1n) is 8.46. The van der Waals surface area contributed by atoms with Crippen LogP contribution in [0.1, 0.15) is 39.0 Å². The minimum atomic E-state index is -0.0891. The molecule has 1 aliphatic carbocycles. The van der Waals surface area contributed by atoms with Gasteiger partial charge in [-0.25, -0.2) is 0 Å². The average molecular weight is 316 g/mol. The molecule has 2 amide bonds. The van der Waals surface area contributed by atoms with Gasteiger partial charge in [0.05, 0.1) is 18.7 Å². The molecule has 0 radical (unpaired) electrons. The van der Waals surface area contributed by atoms with Gasteiger partial charge in [-0.2, -0.15) is 0 Å². The fourth-order valence-electron chi connectivity index (χ4n) is 3.42. The molecule has 1 aliphatic heterocycles. The predicted octanol–water partition coefficient (Wildman–Crippen LogP) is 2.50. The van der Waals surface area contributed by atoms with E-state index >= 15 is 0 Å². The van der Waals surface area contributed by atoms with Gasteiger partial charge in [0.25, 0.3) is 0 Å². The van der Waals surface area contributed by atoms with Gasteiger partial charge in [0, 0.05) is 6.04 Å². The van der Waals surface area contributed by atoms with E-state index in [9.17, 15) is 9.59 Å². The number of ether oxygens (including phenoxy) is 1. The van der Waals surface area contributed by atoms with Crippen LogP contribution in [0.5, 0.6) is 5.75 Å². The predicted molar refractivity (Wildman–Crippen MR) is 88.5 cm³/mol. The topological polar surface area (TPSA) is 58.6 Å². The normalized spacial score (nSPS) is 24.4. The van der Waals surface area contributed by atoms with Crippen molar-refractivity contribution in [1.82, 2.24) is 5.32 Å². The summed E-state index contributed by atoms with van der Waals surface area (Å²) in [4.78, 5) is 26.3. The van der Waals surface area contributed by atoms with Crippen molar-refractivity contribution in [3.05, 3.63) is 24.3 Å². The first kappa shape index (κ1) is 15.8. The van der Waals surface area contributed by atoms with Gasteiger partial charge in [0.15, 0.2) is 0 Å². The molecule has 0 spiro atoms. The maximum atomic E-state index is 12.4. The third-order valence-electron chi connectivity index (χ3n) is 4.79. The smallest absolute Gasteiger partial charge is 0.240 e. The van der Waals surface area contributed by atoms with Crippen molar-refractivity contribution in [2.45, 2.75) is 45.1 Å². The van der Waals surface area contributed by atoms with Crippen molar-refractivity contribution in [2.75, 3.05) is 18.1 Å². The molecule has 23 heavy (non-hydrogen) atoms. The van der Waals surface area contributed by atoms with Crippen LogP contribution in [0.15, 0.2) is 24.3 Å². The summed E-state index contributed by atoms with van der Waals surface area (Å²) in [6.45, 7) is 2.60. The molecular formula is C18H24N2O3. The maximum Gasteiger partial charge on any atom is 0.240 e. The van der Waals surface area contributed by atoms with Crippen molar-refractivity contribution in [2.24, 2.45) is 5.92 Å². The lowest BCUT2D eigenvalue weighted by atomic mass is 9.86. The fraction of sp³-hybridized carbons (Fsp3) is 0.556. The molecule has 0 aromatic heterocycles. The number of fused-ring (bicyclic) bond motifs is 1. The first-order chi connectivity index (χ1) is 11.1. The van der Waals surface area contributed by atoms with Crippen LogP contribution < -0.4 is 15.0 Å². The number of hydrogen-bond acceptors (Lipinski definition) is 3. The number of nitrogens with zero attached hydrogens (tertiary/aromatic N) is 1. The largest absolute Gasteiger partial charge is 0.491 e. The minimum Gasteiger partial charge on any atom is -0.491 e. The quantitative estimate of drug-likeness (QED) is 0.932. The monoisotopic (exact) mass is 316 g/mol. The highest BCUT2D eigenvalue weighted by Crippen LogP contribution is 2.31. The van der Waals surface area contributed by atoms with Crippen LogP contribution in [0.4, 0.5) is 5.69 Å². The van der Waals surface area contributed by atoms with Gasteiger partial charge in [0.2, 0.25) is 11.8 Å². The number of amides is 2. The van der Waals surface area contributed by atoms with Crippen molar-refractivity contribution >= 4 is 17.5 Å². The fourth-order valence-corrected chi connectivity index (χ4v) is 3.42. The van der Waals surface area contributed by atoms with Gasteiger partial charge < -0.3 is 10.1 Å². The Kier molecular flexibility index (Phi) is 4.84. The molecule has 1 heterocycles. The van der Waals surface area contributed by atoms with Crippen LogP contribution in [0.2, 0.25) is 0 Å². The zero-order valence-corrected chi connectivity index (χ0v) is 13.6. The number of benzene rings is 1. The SMILES string of the molecule is C[C@@H]1CCCC[C@H]1NC(=O)CN1C(=O)CCOc2ccccc21. The molecule has 124 valence electrons. The Balaban J connectivity index is 1.70. The van der Waals surface area contributed by atoms with Crippen molar-refractivity contribution in [3.63, 3.8) is 0 Å². The minimum absolute atomic E-state index is 0.0580. The molecule has 5 heteroatoms. The van der Waals surface area contributed by atoms with E-state index in [1.807, 2.05) is 24.3 Å². The van der Waals surface area contributed by atoms with E-state index in [4.69, 9.17) is 4.74 Å². The Morgan fingerprint density at radius 2 is 2.09 bits per heavy atom. The number of hydrogen-bond donors (Lipinski definition) is 1. The average Bonchev–Trinajstić information content (AvgIpc) is 2.70. The summed E-state index contributed by atoms with van der Waals surface area (Å²) >= 11 is 0. The van der Waals surface area contributed by atoms with Crippen molar-refractivity contribution < 1.29 is 14.3 Å². The number of carbonyl (C=O) groups is 2. The molecule has 2 atom stereocenters. The lowest BCUT2D eigenvalue weighted by Gasteiger charge is -2.30. The van der Waals surface area contributed by atoms with E-state index in [1.165, 1.54) is 6.42 Å². The zero-order valence-electron chi connectivity index (χ0n) is 13.6. The van der Waals surface area contributed by atoms with E-state index in [0.717, 1.165) is 19.3 Å². The number of nitrogens with one attached hydrogen (secondary N) is 1. The molecular weight excluding hydrogens is 292 g/mol. The molecule has 1 saturated carbocycles. The summed E-state index contributed by atoms with van der Waals surface area (Å²) in [5.41, 5.74) is 0.682. The van der Waals surface area contributed by atoms with E-state index in [2.05, 4.69) is 12.2 Å². The Labute approximate surface area is 137 Å². The van der Waals surface area contributed by atoms with E-state index < -0.39 is 0 Å². The van der Waals surface area contributed by atoms with Gasteiger partial charge >= 0.3 is 0 Å². The van der Waals surface area contributed by atoms with Gasteiger partial charge in [-0.15, -0.1) is 0 Å². The van der Waals surface area contributed by atoms with Crippen LogP contribution in [0.3, 0.4) is 0 Å². The molecule has 1 aromatic carbocycles. The third kappa shape index (κ3) is 3.66. The molecule has 0 saturated heterocycles. The highest BCUT2D eigenvalue weighted by atomic mass is 16.5. The second kappa shape index (κ2) is 7.02. The summed E-state index contributed by atoms with van der Waals surface area (Å²) in [7, 11) is 0. The standard InChI is InChI=1S/C18H24N2O3/c1-13-6-2-3-7-14(13)19-17(21)12-20-15-8-4-5-9-16(15)23-11-10-18(20)22/h4-5,8-9,13-14H,2-3,6-7,10-12H2,1H3,(H,19,21)/t13-,14-/m1/s1. The van der Waals surface area contributed by atoms with Gasteiger partial charge in [-0.1, -0.05) is 31.9 Å². The molecule has 0 unspecified atom stereocenters. The number of anilines is 1. The Hall–Kier alpha value is -2.04. The first-order valence-corrected chi connectivity index (χ1v) is 8.46. The van der Waals surface area contributed by atoms with Crippen LogP contribution in [0.25, 0.3) is 0 Å². The van der Waals surface area contributed by atoms with Crippen LogP contribution in [-0.2, 0) is 9.59 Å². The summed E-state index contributed by atoms with van der Waals surface area (Å²) in [6.07, 6.45) is 4.88. The summed E-state index contributed by atoms with van der Waals surface area (Å²) in [5.74, 6) is 1.01. The molecule has 3 rings (SSSR count).